The lowest BCUT2D eigenvalue weighted by molar-refractivity contribution is 0.374. The zero-order valence-corrected chi connectivity index (χ0v) is 13.0. The first-order valence-electron chi connectivity index (χ1n) is 6.05. The predicted octanol–water partition coefficient (Wildman–Crippen LogP) is 5.61. The number of imidazole rings is 1. The molecule has 1 heterocycles. The Kier molecular flexibility index (Phi) is 4.05. The Balaban J connectivity index is 2.67. The lowest BCUT2D eigenvalue weighted by Gasteiger charge is -2.20. The molecule has 0 spiro atoms. The maximum atomic E-state index is 6.09. The highest BCUT2D eigenvalue weighted by Gasteiger charge is 2.17. The van der Waals surface area contributed by atoms with E-state index in [4.69, 9.17) is 35.4 Å². The van der Waals surface area contributed by atoms with Gasteiger partial charge in [-0.25, -0.2) is 0 Å². The Bertz CT molecular complexity index is 630. The SMILES string of the molecule is CCC(C)C(C)n1c(=S)[nH]c2cc(Cl)c(Cl)cc21. The number of halogens is 2. The molecule has 0 aliphatic carbocycles. The van der Waals surface area contributed by atoms with Gasteiger partial charge in [-0.2, -0.15) is 0 Å². The summed E-state index contributed by atoms with van der Waals surface area (Å²) >= 11 is 17.5. The average molecular weight is 303 g/mol. The first-order chi connectivity index (χ1) is 8.45. The van der Waals surface area contributed by atoms with Gasteiger partial charge in [0.25, 0.3) is 0 Å². The third-order valence-electron chi connectivity index (χ3n) is 3.63. The molecule has 0 aliphatic rings. The molecule has 0 bridgehead atoms. The lowest BCUT2D eigenvalue weighted by atomic mass is 10.0. The van der Waals surface area contributed by atoms with E-state index in [0.29, 0.717) is 22.0 Å². The van der Waals surface area contributed by atoms with Crippen molar-refractivity contribution in [3.8, 4) is 0 Å². The summed E-state index contributed by atoms with van der Waals surface area (Å²) in [6.07, 6.45) is 1.11. The topological polar surface area (TPSA) is 20.7 Å². The van der Waals surface area contributed by atoms with Gasteiger partial charge in [0.15, 0.2) is 4.77 Å². The molecule has 0 fully saturated rings. The number of aromatic nitrogens is 2. The fraction of sp³-hybridized carbons (Fsp3) is 0.462. The molecule has 2 nitrogen and oxygen atoms in total. The first kappa shape index (κ1) is 13.9. The van der Waals surface area contributed by atoms with Crippen LogP contribution < -0.4 is 0 Å². The van der Waals surface area contributed by atoms with Gasteiger partial charge in [-0.1, -0.05) is 43.5 Å². The van der Waals surface area contributed by atoms with E-state index in [1.54, 1.807) is 0 Å². The molecule has 0 aliphatic heterocycles. The molecular weight excluding hydrogens is 287 g/mol. The van der Waals surface area contributed by atoms with E-state index in [1.165, 1.54) is 0 Å². The van der Waals surface area contributed by atoms with Crippen molar-refractivity contribution in [2.45, 2.75) is 33.2 Å². The van der Waals surface area contributed by atoms with Gasteiger partial charge in [0.05, 0.1) is 21.1 Å². The van der Waals surface area contributed by atoms with Crippen LogP contribution in [-0.4, -0.2) is 9.55 Å². The summed E-state index contributed by atoms with van der Waals surface area (Å²) in [4.78, 5) is 3.19. The molecule has 0 amide bonds. The van der Waals surface area contributed by atoms with Gasteiger partial charge in [-0.15, -0.1) is 0 Å². The van der Waals surface area contributed by atoms with Crippen molar-refractivity contribution in [3.63, 3.8) is 0 Å². The number of fused-ring (bicyclic) bond motifs is 1. The molecule has 0 saturated carbocycles. The summed E-state index contributed by atoms with van der Waals surface area (Å²) in [6.45, 7) is 6.59. The lowest BCUT2D eigenvalue weighted by Crippen LogP contribution is -2.13. The first-order valence-corrected chi connectivity index (χ1v) is 7.21. The molecule has 5 heteroatoms. The van der Waals surface area contributed by atoms with Crippen LogP contribution in [0.15, 0.2) is 12.1 Å². The Labute approximate surface area is 122 Å². The third kappa shape index (κ3) is 2.31. The Morgan fingerprint density at radius 2 is 1.89 bits per heavy atom. The second-order valence-electron chi connectivity index (χ2n) is 4.71. The van der Waals surface area contributed by atoms with Crippen LogP contribution in [0.4, 0.5) is 0 Å². The normalized spacial score (nSPS) is 14.9. The second-order valence-corrected chi connectivity index (χ2v) is 5.91. The van der Waals surface area contributed by atoms with Crippen LogP contribution in [0.2, 0.25) is 10.0 Å². The molecule has 98 valence electrons. The molecular formula is C13H16Cl2N2S. The Morgan fingerprint density at radius 1 is 1.28 bits per heavy atom. The predicted molar refractivity (Wildman–Crippen MR) is 81.3 cm³/mol. The van der Waals surface area contributed by atoms with Gasteiger partial charge < -0.3 is 9.55 Å². The minimum absolute atomic E-state index is 0.327. The summed E-state index contributed by atoms with van der Waals surface area (Å²) in [6, 6.07) is 4.03. The summed E-state index contributed by atoms with van der Waals surface area (Å²) in [5, 5.41) is 1.10. The molecule has 18 heavy (non-hydrogen) atoms. The molecule has 1 aromatic heterocycles. The van der Waals surface area contributed by atoms with E-state index >= 15 is 0 Å². The number of aromatic amines is 1. The number of hydrogen-bond acceptors (Lipinski definition) is 1. The molecule has 1 aromatic carbocycles. The maximum absolute atomic E-state index is 6.09. The van der Waals surface area contributed by atoms with Gasteiger partial charge in [-0.3, -0.25) is 0 Å². The fourth-order valence-electron chi connectivity index (χ4n) is 2.12. The van der Waals surface area contributed by atoms with Crippen molar-refractivity contribution in [2.24, 2.45) is 5.92 Å². The molecule has 2 atom stereocenters. The van der Waals surface area contributed by atoms with E-state index in [0.717, 1.165) is 22.2 Å². The number of nitrogens with one attached hydrogen (secondary N) is 1. The van der Waals surface area contributed by atoms with Crippen LogP contribution in [-0.2, 0) is 0 Å². The van der Waals surface area contributed by atoms with Crippen LogP contribution in [0.25, 0.3) is 11.0 Å². The van der Waals surface area contributed by atoms with Crippen molar-refractivity contribution >= 4 is 46.5 Å². The molecule has 1 N–H and O–H groups in total. The van der Waals surface area contributed by atoms with Crippen LogP contribution >= 0.6 is 35.4 Å². The second kappa shape index (κ2) is 5.24. The van der Waals surface area contributed by atoms with Crippen molar-refractivity contribution in [3.05, 3.63) is 26.9 Å². The maximum Gasteiger partial charge on any atom is 0.178 e. The minimum atomic E-state index is 0.327. The summed E-state index contributed by atoms with van der Waals surface area (Å²) < 4.78 is 2.84. The van der Waals surface area contributed by atoms with E-state index in [9.17, 15) is 0 Å². The number of nitrogens with zero attached hydrogens (tertiary/aromatic N) is 1. The van der Waals surface area contributed by atoms with Crippen molar-refractivity contribution in [2.75, 3.05) is 0 Å². The Hall–Kier alpha value is -0.510. The minimum Gasteiger partial charge on any atom is -0.331 e. The number of hydrogen-bond donors (Lipinski definition) is 1. The van der Waals surface area contributed by atoms with Gasteiger partial charge in [0.1, 0.15) is 0 Å². The van der Waals surface area contributed by atoms with Crippen LogP contribution in [0, 0.1) is 10.7 Å². The smallest absolute Gasteiger partial charge is 0.178 e. The molecule has 0 radical (unpaired) electrons. The third-order valence-corrected chi connectivity index (χ3v) is 4.65. The Morgan fingerprint density at radius 3 is 2.50 bits per heavy atom. The van der Waals surface area contributed by atoms with Gasteiger partial charge in [0.2, 0.25) is 0 Å². The number of benzene rings is 1. The van der Waals surface area contributed by atoms with Gasteiger partial charge in [-0.05, 0) is 37.2 Å². The average Bonchev–Trinajstić information content (AvgIpc) is 2.63. The number of H-pyrrole nitrogens is 1. The van der Waals surface area contributed by atoms with Crippen LogP contribution in [0.5, 0.6) is 0 Å². The zero-order chi connectivity index (χ0) is 13.4. The van der Waals surface area contributed by atoms with Crippen molar-refractivity contribution in [1.82, 2.24) is 9.55 Å². The molecule has 2 unspecified atom stereocenters. The van der Waals surface area contributed by atoms with Gasteiger partial charge >= 0.3 is 0 Å². The largest absolute Gasteiger partial charge is 0.331 e. The highest BCUT2D eigenvalue weighted by atomic mass is 35.5. The van der Waals surface area contributed by atoms with E-state index in [1.807, 2.05) is 12.1 Å². The monoisotopic (exact) mass is 302 g/mol. The highest BCUT2D eigenvalue weighted by molar-refractivity contribution is 7.71. The van der Waals surface area contributed by atoms with E-state index < -0.39 is 0 Å². The fourth-order valence-corrected chi connectivity index (χ4v) is 2.82. The highest BCUT2D eigenvalue weighted by Crippen LogP contribution is 2.31. The standard InChI is InChI=1S/C13H16Cl2N2S/c1-4-7(2)8(3)17-12-6-10(15)9(14)5-11(12)16-13(17)18/h5-8H,4H2,1-3H3,(H,16,18). The van der Waals surface area contributed by atoms with Crippen LogP contribution in [0.3, 0.4) is 0 Å². The molecule has 2 aromatic rings. The zero-order valence-electron chi connectivity index (χ0n) is 10.6. The number of rotatable bonds is 3. The summed E-state index contributed by atoms with van der Waals surface area (Å²) in [7, 11) is 0. The van der Waals surface area contributed by atoms with Crippen molar-refractivity contribution < 1.29 is 0 Å². The molecule has 2 rings (SSSR count). The quantitative estimate of drug-likeness (QED) is 0.731. The van der Waals surface area contributed by atoms with E-state index in [2.05, 4.69) is 30.3 Å². The van der Waals surface area contributed by atoms with Gasteiger partial charge in [0, 0.05) is 6.04 Å². The summed E-state index contributed by atoms with van der Waals surface area (Å²) in [5.74, 6) is 0.546. The van der Waals surface area contributed by atoms with E-state index in [-0.39, 0.29) is 0 Å². The summed E-state index contributed by atoms with van der Waals surface area (Å²) in [5.41, 5.74) is 1.95. The van der Waals surface area contributed by atoms with Crippen molar-refractivity contribution in [1.29, 1.82) is 0 Å². The van der Waals surface area contributed by atoms with Crippen LogP contribution in [0.1, 0.15) is 33.2 Å². The molecule has 0 saturated heterocycles.